The van der Waals surface area contributed by atoms with Crippen molar-refractivity contribution in [2.45, 2.75) is 58.8 Å². The van der Waals surface area contributed by atoms with Crippen molar-refractivity contribution in [1.82, 2.24) is 15.1 Å². The molecule has 2 aliphatic rings. The van der Waals surface area contributed by atoms with Crippen LogP contribution in [-0.4, -0.2) is 79.8 Å². The maximum Gasteiger partial charge on any atom is 0.236 e. The molecule has 1 N–H and O–H groups in total. The smallest absolute Gasteiger partial charge is 0.236 e. The lowest BCUT2D eigenvalue weighted by Crippen LogP contribution is -2.51. The molecule has 1 aromatic carbocycles. The van der Waals surface area contributed by atoms with Gasteiger partial charge in [-0.1, -0.05) is 12.1 Å². The average Bonchev–Trinajstić information content (AvgIpc) is 2.75. The van der Waals surface area contributed by atoms with Crippen molar-refractivity contribution in [1.29, 1.82) is 0 Å². The van der Waals surface area contributed by atoms with E-state index in [9.17, 15) is 9.59 Å². The highest BCUT2D eigenvalue weighted by Crippen LogP contribution is 2.32. The highest BCUT2D eigenvalue weighted by Gasteiger charge is 2.28. The predicted molar refractivity (Wildman–Crippen MR) is 122 cm³/mol. The quantitative estimate of drug-likeness (QED) is 0.762. The van der Waals surface area contributed by atoms with Crippen LogP contribution in [0.25, 0.3) is 0 Å². The maximum atomic E-state index is 13.1. The molecule has 0 spiro atoms. The highest BCUT2D eigenvalue weighted by atomic mass is 16.5. The Kier molecular flexibility index (Phi) is 9.17. The van der Waals surface area contributed by atoms with E-state index >= 15 is 0 Å². The van der Waals surface area contributed by atoms with Crippen LogP contribution in [0.4, 0.5) is 0 Å². The van der Waals surface area contributed by atoms with Gasteiger partial charge in [0, 0.05) is 31.7 Å². The SMILES string of the molecule is CCOc1cccc2c1OCCCCCNC(=O)CN(CC(=O)N1CC(C)OC(C)C1)C2. The van der Waals surface area contributed by atoms with Crippen molar-refractivity contribution in [3.05, 3.63) is 23.8 Å². The first-order valence-electron chi connectivity index (χ1n) is 11.8. The molecule has 2 unspecified atom stereocenters. The molecule has 2 heterocycles. The van der Waals surface area contributed by atoms with Crippen LogP contribution in [-0.2, 0) is 20.9 Å². The summed E-state index contributed by atoms with van der Waals surface area (Å²) in [7, 11) is 0. The average molecular weight is 448 g/mol. The summed E-state index contributed by atoms with van der Waals surface area (Å²) in [6.07, 6.45) is 2.79. The van der Waals surface area contributed by atoms with Gasteiger partial charge in [0.1, 0.15) is 0 Å². The number of amides is 2. The van der Waals surface area contributed by atoms with Gasteiger partial charge < -0.3 is 24.4 Å². The molecule has 2 atom stereocenters. The van der Waals surface area contributed by atoms with Crippen LogP contribution in [0, 0.1) is 0 Å². The van der Waals surface area contributed by atoms with Gasteiger partial charge in [0.15, 0.2) is 11.5 Å². The van der Waals surface area contributed by atoms with Gasteiger partial charge in [0.2, 0.25) is 11.8 Å². The Hall–Kier alpha value is -2.32. The van der Waals surface area contributed by atoms with Gasteiger partial charge in [-0.15, -0.1) is 0 Å². The molecule has 178 valence electrons. The molecule has 1 fully saturated rings. The van der Waals surface area contributed by atoms with Crippen LogP contribution in [0.1, 0.15) is 45.6 Å². The molecule has 0 radical (unpaired) electrons. The molecule has 2 aliphatic heterocycles. The third-order valence-corrected chi connectivity index (χ3v) is 5.64. The number of para-hydroxylation sites is 1. The van der Waals surface area contributed by atoms with Crippen molar-refractivity contribution in [2.24, 2.45) is 0 Å². The Morgan fingerprint density at radius 1 is 1.16 bits per heavy atom. The third-order valence-electron chi connectivity index (χ3n) is 5.64. The third kappa shape index (κ3) is 7.10. The number of nitrogens with zero attached hydrogens (tertiary/aromatic N) is 2. The van der Waals surface area contributed by atoms with E-state index in [4.69, 9.17) is 14.2 Å². The zero-order valence-electron chi connectivity index (χ0n) is 19.6. The van der Waals surface area contributed by atoms with E-state index in [1.54, 1.807) is 0 Å². The predicted octanol–water partition coefficient (Wildman–Crippen LogP) is 2.20. The largest absolute Gasteiger partial charge is 0.490 e. The van der Waals surface area contributed by atoms with Crippen LogP contribution >= 0.6 is 0 Å². The molecule has 3 rings (SSSR count). The fourth-order valence-electron chi connectivity index (χ4n) is 4.27. The van der Waals surface area contributed by atoms with Gasteiger partial charge >= 0.3 is 0 Å². The molecule has 2 amide bonds. The summed E-state index contributed by atoms with van der Waals surface area (Å²) in [4.78, 5) is 29.4. The van der Waals surface area contributed by atoms with E-state index in [-0.39, 0.29) is 37.1 Å². The van der Waals surface area contributed by atoms with Crippen LogP contribution in [0.5, 0.6) is 11.5 Å². The van der Waals surface area contributed by atoms with Crippen LogP contribution in [0.3, 0.4) is 0 Å². The number of hydrogen-bond donors (Lipinski definition) is 1. The van der Waals surface area contributed by atoms with Gasteiger partial charge in [0.25, 0.3) is 0 Å². The molecule has 8 heteroatoms. The van der Waals surface area contributed by atoms with Gasteiger partial charge in [-0.05, 0) is 46.1 Å². The van der Waals surface area contributed by atoms with E-state index in [1.807, 2.05) is 48.8 Å². The van der Waals surface area contributed by atoms with Gasteiger partial charge in [-0.2, -0.15) is 0 Å². The molecule has 0 aliphatic carbocycles. The molecule has 0 saturated carbocycles. The monoisotopic (exact) mass is 447 g/mol. The Bertz CT molecular complexity index is 762. The second-order valence-corrected chi connectivity index (χ2v) is 8.64. The second kappa shape index (κ2) is 12.1. The molecular weight excluding hydrogens is 410 g/mol. The summed E-state index contributed by atoms with van der Waals surface area (Å²) in [6, 6.07) is 5.81. The number of hydrogen-bond acceptors (Lipinski definition) is 6. The number of benzene rings is 1. The van der Waals surface area contributed by atoms with E-state index in [2.05, 4.69) is 5.32 Å². The first-order chi connectivity index (χ1) is 15.5. The fourth-order valence-corrected chi connectivity index (χ4v) is 4.27. The maximum absolute atomic E-state index is 13.1. The summed E-state index contributed by atoms with van der Waals surface area (Å²) in [5, 5.41) is 2.98. The van der Waals surface area contributed by atoms with E-state index in [1.165, 1.54) is 0 Å². The Morgan fingerprint density at radius 3 is 2.69 bits per heavy atom. The normalized spacial score (nSPS) is 23.6. The number of morpholine rings is 1. The Balaban J connectivity index is 1.81. The van der Waals surface area contributed by atoms with E-state index < -0.39 is 0 Å². The number of rotatable bonds is 4. The molecule has 32 heavy (non-hydrogen) atoms. The molecular formula is C24H37N3O5. The summed E-state index contributed by atoms with van der Waals surface area (Å²) < 4.78 is 17.7. The van der Waals surface area contributed by atoms with Crippen LogP contribution < -0.4 is 14.8 Å². The van der Waals surface area contributed by atoms with Crippen molar-refractivity contribution in [2.75, 3.05) is 45.9 Å². The topological polar surface area (TPSA) is 80.3 Å². The lowest BCUT2D eigenvalue weighted by molar-refractivity contribution is -0.144. The minimum absolute atomic E-state index is 0.00364. The van der Waals surface area contributed by atoms with Crippen LogP contribution in [0.15, 0.2) is 18.2 Å². The molecule has 0 bridgehead atoms. The standard InChI is InChI=1S/C24H37N3O5/c1-4-30-21-10-8-9-20-15-26(17-23(29)27-13-18(2)32-19(3)14-27)16-22(28)25-11-6-5-7-12-31-24(20)21/h8-10,18-19H,4-7,11-17H2,1-3H3,(H,25,28). The minimum Gasteiger partial charge on any atom is -0.490 e. The summed E-state index contributed by atoms with van der Waals surface area (Å²) in [5.41, 5.74) is 0.916. The second-order valence-electron chi connectivity index (χ2n) is 8.64. The Morgan fingerprint density at radius 2 is 1.94 bits per heavy atom. The van der Waals surface area contributed by atoms with E-state index in [0.29, 0.717) is 50.9 Å². The number of fused-ring (bicyclic) bond motifs is 1. The molecule has 0 aromatic heterocycles. The van der Waals surface area contributed by atoms with E-state index in [0.717, 1.165) is 24.8 Å². The molecule has 1 aromatic rings. The summed E-state index contributed by atoms with van der Waals surface area (Å²) in [6.45, 7) is 9.53. The number of ether oxygens (including phenoxy) is 3. The Labute approximate surface area is 191 Å². The lowest BCUT2D eigenvalue weighted by Gasteiger charge is -2.36. The zero-order valence-corrected chi connectivity index (χ0v) is 19.6. The molecule has 1 saturated heterocycles. The number of carbonyl (C=O) groups is 2. The fraction of sp³-hybridized carbons (Fsp3) is 0.667. The minimum atomic E-state index is -0.0656. The van der Waals surface area contributed by atoms with Gasteiger partial charge in [-0.25, -0.2) is 0 Å². The summed E-state index contributed by atoms with van der Waals surface area (Å²) >= 11 is 0. The lowest BCUT2D eigenvalue weighted by atomic mass is 10.1. The van der Waals surface area contributed by atoms with Gasteiger partial charge in [0.05, 0.1) is 38.5 Å². The highest BCUT2D eigenvalue weighted by molar-refractivity contribution is 5.81. The van der Waals surface area contributed by atoms with Crippen molar-refractivity contribution in [3.63, 3.8) is 0 Å². The van der Waals surface area contributed by atoms with Crippen molar-refractivity contribution >= 4 is 11.8 Å². The molecule has 8 nitrogen and oxygen atoms in total. The van der Waals surface area contributed by atoms with Gasteiger partial charge in [-0.3, -0.25) is 14.5 Å². The summed E-state index contributed by atoms with van der Waals surface area (Å²) in [5.74, 6) is 1.35. The zero-order chi connectivity index (χ0) is 22.9. The number of carbonyl (C=O) groups excluding carboxylic acids is 2. The van der Waals surface area contributed by atoms with Crippen molar-refractivity contribution in [3.8, 4) is 11.5 Å². The first kappa shape index (κ1) is 24.3. The van der Waals surface area contributed by atoms with Crippen LogP contribution in [0.2, 0.25) is 0 Å². The van der Waals surface area contributed by atoms with Crippen molar-refractivity contribution < 1.29 is 23.8 Å². The first-order valence-corrected chi connectivity index (χ1v) is 11.8. The number of nitrogens with one attached hydrogen (secondary N) is 1.